The van der Waals surface area contributed by atoms with Crippen molar-refractivity contribution in [2.75, 3.05) is 5.32 Å². The summed E-state index contributed by atoms with van der Waals surface area (Å²) in [5, 5.41) is 4.27. The average molecular weight is 608 g/mol. The number of ketones is 2. The summed E-state index contributed by atoms with van der Waals surface area (Å²) in [6, 6.07) is 19.3. The van der Waals surface area contributed by atoms with Crippen molar-refractivity contribution in [1.29, 1.82) is 0 Å². The highest BCUT2D eigenvalue weighted by Crippen LogP contribution is 2.42. The molecule has 0 aliphatic heterocycles. The first-order valence-electron chi connectivity index (χ1n) is 11.8. The van der Waals surface area contributed by atoms with Crippen LogP contribution in [0.3, 0.4) is 0 Å². The molecule has 0 radical (unpaired) electrons. The Morgan fingerprint density at radius 1 is 0.750 bits per heavy atom. The predicted octanol–water partition coefficient (Wildman–Crippen LogP) is 8.23. The molecule has 40 heavy (non-hydrogen) atoms. The number of aldehydes is 1. The lowest BCUT2D eigenvalue weighted by Gasteiger charge is -2.15. The van der Waals surface area contributed by atoms with Crippen molar-refractivity contribution >= 4 is 97.5 Å². The van der Waals surface area contributed by atoms with E-state index in [0.29, 0.717) is 28.3 Å². The maximum atomic E-state index is 13.4. The van der Waals surface area contributed by atoms with E-state index in [1.54, 1.807) is 42.5 Å². The second-order valence-electron chi connectivity index (χ2n) is 9.14. The van der Waals surface area contributed by atoms with Crippen LogP contribution in [0, 0.1) is 0 Å². The zero-order valence-corrected chi connectivity index (χ0v) is 23.1. The summed E-state index contributed by atoms with van der Waals surface area (Å²) in [4.78, 5) is 56.6. The lowest BCUT2D eigenvalue weighted by molar-refractivity contribution is 0.0887. The van der Waals surface area contributed by atoms with E-state index in [-0.39, 0.29) is 54.2 Å². The molecule has 0 spiro atoms. The Morgan fingerprint density at radius 2 is 1.35 bits per heavy atom. The van der Waals surface area contributed by atoms with Gasteiger partial charge in [0.2, 0.25) is 0 Å². The van der Waals surface area contributed by atoms with Crippen LogP contribution in [0.2, 0.25) is 20.1 Å². The van der Waals surface area contributed by atoms with Crippen molar-refractivity contribution in [2.45, 2.75) is 5.92 Å². The highest BCUT2D eigenvalue weighted by molar-refractivity contribution is 6.54. The third-order valence-corrected chi connectivity index (χ3v) is 8.69. The number of nitrogens with one attached hydrogen (secondary N) is 1. The SMILES string of the molecule is O=Cc1c(Cl)c(Cl)c(Cl)c(Cl)c1C(=O)Nc1cccc2ccc(C3C(=O)c4cc5ccccc5cc4C3=O)nc12. The van der Waals surface area contributed by atoms with Gasteiger partial charge in [-0.2, -0.15) is 0 Å². The summed E-state index contributed by atoms with van der Waals surface area (Å²) in [6.07, 6.45) is 0.364. The number of hydrogen-bond acceptors (Lipinski definition) is 5. The van der Waals surface area contributed by atoms with Crippen LogP contribution in [0.4, 0.5) is 5.69 Å². The fourth-order valence-corrected chi connectivity index (χ4v) is 5.93. The molecule has 0 fully saturated rings. The van der Waals surface area contributed by atoms with Crippen LogP contribution in [0.1, 0.15) is 53.0 Å². The lowest BCUT2D eigenvalue weighted by atomic mass is 9.98. The molecule has 0 saturated heterocycles. The van der Waals surface area contributed by atoms with Gasteiger partial charge in [0.1, 0.15) is 5.92 Å². The van der Waals surface area contributed by atoms with Gasteiger partial charge < -0.3 is 5.32 Å². The van der Waals surface area contributed by atoms with Gasteiger partial charge in [-0.05, 0) is 35.0 Å². The summed E-state index contributed by atoms with van der Waals surface area (Å²) >= 11 is 24.6. The van der Waals surface area contributed by atoms with Gasteiger partial charge in [0.25, 0.3) is 5.91 Å². The van der Waals surface area contributed by atoms with E-state index in [4.69, 9.17) is 46.4 Å². The molecule has 1 heterocycles. The quantitative estimate of drug-likeness (QED) is 0.0961. The molecule has 10 heteroatoms. The first kappa shape index (κ1) is 26.4. The zero-order valence-electron chi connectivity index (χ0n) is 20.1. The van der Waals surface area contributed by atoms with E-state index in [9.17, 15) is 19.2 Å². The number of benzene rings is 4. The molecule has 6 nitrogen and oxygen atoms in total. The highest BCUT2D eigenvalue weighted by atomic mass is 35.5. The van der Waals surface area contributed by atoms with Crippen molar-refractivity contribution in [3.05, 3.63) is 115 Å². The Labute approximate surface area is 246 Å². The summed E-state index contributed by atoms with van der Waals surface area (Å²) in [5.41, 5.74) is 1.04. The molecular weight excluding hydrogens is 594 g/mol. The molecule has 1 aliphatic carbocycles. The smallest absolute Gasteiger partial charge is 0.258 e. The Kier molecular flexibility index (Phi) is 6.59. The summed E-state index contributed by atoms with van der Waals surface area (Å²) in [6.45, 7) is 0. The van der Waals surface area contributed by atoms with Crippen molar-refractivity contribution < 1.29 is 19.2 Å². The first-order chi connectivity index (χ1) is 19.2. The average Bonchev–Trinajstić information content (AvgIpc) is 3.20. The number of nitrogens with zero attached hydrogens (tertiary/aromatic N) is 1. The molecule has 5 aromatic rings. The maximum absolute atomic E-state index is 13.4. The monoisotopic (exact) mass is 606 g/mol. The van der Waals surface area contributed by atoms with Crippen molar-refractivity contribution in [2.24, 2.45) is 0 Å². The Bertz CT molecular complexity index is 1920. The van der Waals surface area contributed by atoms with Gasteiger partial charge in [0.05, 0.1) is 42.6 Å². The van der Waals surface area contributed by atoms with Gasteiger partial charge in [0.15, 0.2) is 17.9 Å². The van der Waals surface area contributed by atoms with E-state index < -0.39 is 11.8 Å². The number of Topliss-reactive ketones (excluding diaryl/α,β-unsaturated/α-hetero) is 2. The normalized spacial score (nSPS) is 13.2. The minimum Gasteiger partial charge on any atom is -0.320 e. The van der Waals surface area contributed by atoms with Crippen LogP contribution in [0.25, 0.3) is 21.7 Å². The van der Waals surface area contributed by atoms with E-state index in [1.165, 1.54) is 0 Å². The molecule has 0 saturated carbocycles. The fourth-order valence-electron chi connectivity index (χ4n) is 4.94. The molecule has 1 aliphatic rings. The minimum atomic E-state index is -1.12. The molecule has 1 aromatic heterocycles. The van der Waals surface area contributed by atoms with Gasteiger partial charge in [0, 0.05) is 22.1 Å². The molecular formula is C30H14Cl4N2O4. The number of rotatable bonds is 4. The number of aromatic nitrogens is 1. The summed E-state index contributed by atoms with van der Waals surface area (Å²) < 4.78 is 0. The maximum Gasteiger partial charge on any atom is 0.258 e. The van der Waals surface area contributed by atoms with Crippen LogP contribution in [0.5, 0.6) is 0 Å². The van der Waals surface area contributed by atoms with E-state index in [2.05, 4.69) is 10.3 Å². The molecule has 6 rings (SSSR count). The van der Waals surface area contributed by atoms with Gasteiger partial charge in [-0.15, -0.1) is 0 Å². The molecule has 4 aromatic carbocycles. The third kappa shape index (κ3) is 4.07. The zero-order chi connectivity index (χ0) is 28.3. The third-order valence-electron chi connectivity index (χ3n) is 6.88. The summed E-state index contributed by atoms with van der Waals surface area (Å²) in [5.74, 6) is -2.58. The first-order valence-corrected chi connectivity index (χ1v) is 13.4. The van der Waals surface area contributed by atoms with Crippen molar-refractivity contribution in [3.8, 4) is 0 Å². The molecule has 196 valence electrons. The second-order valence-corrected chi connectivity index (χ2v) is 10.6. The highest BCUT2D eigenvalue weighted by Gasteiger charge is 2.41. The number of pyridine rings is 1. The predicted molar refractivity (Wildman–Crippen MR) is 157 cm³/mol. The number of halogens is 4. The van der Waals surface area contributed by atoms with Crippen LogP contribution < -0.4 is 5.32 Å². The van der Waals surface area contributed by atoms with Gasteiger partial charge in [-0.1, -0.05) is 88.9 Å². The van der Waals surface area contributed by atoms with Crippen molar-refractivity contribution in [1.82, 2.24) is 4.98 Å². The summed E-state index contributed by atoms with van der Waals surface area (Å²) in [7, 11) is 0. The number of amides is 1. The fraction of sp³-hybridized carbons (Fsp3) is 0.0333. The molecule has 0 unspecified atom stereocenters. The van der Waals surface area contributed by atoms with E-state index in [1.807, 2.05) is 24.3 Å². The van der Waals surface area contributed by atoms with E-state index in [0.717, 1.165) is 10.8 Å². The van der Waals surface area contributed by atoms with Gasteiger partial charge in [-0.3, -0.25) is 19.2 Å². The number of anilines is 1. The molecule has 0 bridgehead atoms. The van der Waals surface area contributed by atoms with Crippen LogP contribution in [0.15, 0.2) is 66.7 Å². The number of fused-ring (bicyclic) bond motifs is 3. The second kappa shape index (κ2) is 9.98. The van der Waals surface area contributed by atoms with Crippen LogP contribution >= 0.6 is 46.4 Å². The Balaban J connectivity index is 1.42. The number of carbonyl (C=O) groups excluding carboxylic acids is 4. The topological polar surface area (TPSA) is 93.2 Å². The van der Waals surface area contributed by atoms with Gasteiger partial charge >= 0.3 is 0 Å². The number of hydrogen-bond donors (Lipinski definition) is 1. The largest absolute Gasteiger partial charge is 0.320 e. The van der Waals surface area contributed by atoms with E-state index >= 15 is 0 Å². The standard InChI is InChI=1S/C30H14Cl4N2O4/c31-23-18(12-37)21(24(32)26(34)25(23)33)30(40)36-20-7-3-6-13-8-9-19(35-27(13)20)22-28(38)16-10-14-4-1-2-5-15(14)11-17(16)29(22)39/h1-12,22H,(H,36,40). The molecule has 1 N–H and O–H groups in total. The lowest BCUT2D eigenvalue weighted by Crippen LogP contribution is -2.17. The van der Waals surface area contributed by atoms with Crippen molar-refractivity contribution in [3.63, 3.8) is 0 Å². The van der Waals surface area contributed by atoms with Gasteiger partial charge in [-0.25, -0.2) is 4.98 Å². The number of carbonyl (C=O) groups is 4. The van der Waals surface area contributed by atoms with Crippen LogP contribution in [-0.4, -0.2) is 28.7 Å². The minimum absolute atomic E-state index is 0.150. The van der Waals surface area contributed by atoms with Crippen LogP contribution in [-0.2, 0) is 0 Å². The Morgan fingerprint density at radius 3 is 1.98 bits per heavy atom. The Hall–Kier alpha value is -3.81. The molecule has 1 amide bonds. The molecule has 0 atom stereocenters. The number of para-hydroxylation sites is 1.